The first-order chi connectivity index (χ1) is 7.97. The van der Waals surface area contributed by atoms with Crippen molar-refractivity contribution in [2.45, 2.75) is 27.2 Å². The minimum atomic E-state index is -1.00. The lowest BCUT2D eigenvalue weighted by atomic mass is 10.1. The first kappa shape index (κ1) is 11.6. The number of nitrogens with zero attached hydrogens (tertiary/aromatic N) is 3. The number of aryl methyl sites for hydroxylation is 1. The molecule has 0 aromatic carbocycles. The summed E-state index contributed by atoms with van der Waals surface area (Å²) < 4.78 is 1.72. The van der Waals surface area contributed by atoms with Gasteiger partial charge in [-0.1, -0.05) is 13.8 Å². The fourth-order valence-corrected chi connectivity index (χ4v) is 1.82. The van der Waals surface area contributed by atoms with E-state index in [0.29, 0.717) is 11.6 Å². The van der Waals surface area contributed by atoms with Crippen LogP contribution in [0.5, 0.6) is 0 Å². The summed E-state index contributed by atoms with van der Waals surface area (Å²) in [7, 11) is 0. The van der Waals surface area contributed by atoms with Gasteiger partial charge in [0.25, 0.3) is 0 Å². The lowest BCUT2D eigenvalue weighted by Gasteiger charge is -2.08. The Morgan fingerprint density at radius 2 is 2.18 bits per heavy atom. The van der Waals surface area contributed by atoms with Crippen LogP contribution in [-0.4, -0.2) is 25.7 Å². The van der Waals surface area contributed by atoms with E-state index in [-0.39, 0.29) is 5.69 Å². The quantitative estimate of drug-likeness (QED) is 0.879. The average molecular weight is 233 g/mol. The largest absolute Gasteiger partial charge is 0.477 e. The Bertz CT molecular complexity index is 572. The molecule has 90 valence electrons. The minimum Gasteiger partial charge on any atom is -0.477 e. The number of carboxylic acids is 1. The Balaban J connectivity index is 2.64. The van der Waals surface area contributed by atoms with E-state index < -0.39 is 5.97 Å². The molecule has 0 bridgehead atoms. The topological polar surface area (TPSA) is 67.5 Å². The molecule has 0 spiro atoms. The number of carboxylic acid groups (broad SMARTS) is 1. The van der Waals surface area contributed by atoms with Crippen LogP contribution < -0.4 is 0 Å². The molecule has 2 heterocycles. The number of aromatic nitrogens is 3. The summed E-state index contributed by atoms with van der Waals surface area (Å²) in [4.78, 5) is 15.1. The Kier molecular flexibility index (Phi) is 2.83. The number of aromatic carboxylic acids is 1. The van der Waals surface area contributed by atoms with Gasteiger partial charge in [-0.25, -0.2) is 14.3 Å². The van der Waals surface area contributed by atoms with Gasteiger partial charge in [0, 0.05) is 11.8 Å². The zero-order valence-corrected chi connectivity index (χ0v) is 10.1. The van der Waals surface area contributed by atoms with Crippen LogP contribution in [0.1, 0.15) is 35.7 Å². The summed E-state index contributed by atoms with van der Waals surface area (Å²) in [5, 5.41) is 13.3. The predicted octanol–water partition coefficient (Wildman–Crippen LogP) is 1.93. The molecule has 2 aromatic heterocycles. The monoisotopic (exact) mass is 233 g/mol. The Hall–Kier alpha value is -1.91. The summed E-state index contributed by atoms with van der Waals surface area (Å²) in [6, 6.07) is 3.39. The fourth-order valence-electron chi connectivity index (χ4n) is 1.82. The molecular weight excluding hydrogens is 218 g/mol. The minimum absolute atomic E-state index is 0.0769. The molecule has 2 rings (SSSR count). The van der Waals surface area contributed by atoms with Gasteiger partial charge in [0.15, 0.2) is 11.3 Å². The lowest BCUT2D eigenvalue weighted by Crippen LogP contribution is -2.09. The zero-order valence-electron chi connectivity index (χ0n) is 10.1. The highest BCUT2D eigenvalue weighted by atomic mass is 16.4. The van der Waals surface area contributed by atoms with E-state index >= 15 is 0 Å². The van der Waals surface area contributed by atoms with Gasteiger partial charge in [-0.2, -0.15) is 5.10 Å². The number of carbonyl (C=O) groups is 1. The van der Waals surface area contributed by atoms with Crippen molar-refractivity contribution in [2.75, 3.05) is 0 Å². The van der Waals surface area contributed by atoms with Crippen LogP contribution in [0.2, 0.25) is 0 Å². The van der Waals surface area contributed by atoms with Gasteiger partial charge < -0.3 is 5.11 Å². The molecule has 5 nitrogen and oxygen atoms in total. The summed E-state index contributed by atoms with van der Waals surface area (Å²) in [6.07, 6.45) is 0.778. The van der Waals surface area contributed by atoms with E-state index in [1.807, 2.05) is 6.92 Å². The molecule has 0 saturated heterocycles. The van der Waals surface area contributed by atoms with Crippen LogP contribution in [-0.2, 0) is 6.42 Å². The van der Waals surface area contributed by atoms with Crippen molar-refractivity contribution in [1.29, 1.82) is 0 Å². The molecule has 0 aliphatic heterocycles. The maximum absolute atomic E-state index is 11.0. The molecule has 0 unspecified atom stereocenters. The molecule has 1 N–H and O–H groups in total. The van der Waals surface area contributed by atoms with Crippen molar-refractivity contribution in [3.05, 3.63) is 29.2 Å². The molecule has 0 amide bonds. The van der Waals surface area contributed by atoms with Crippen LogP contribution in [0.25, 0.3) is 5.65 Å². The third kappa shape index (κ3) is 2.27. The highest BCUT2D eigenvalue weighted by Crippen LogP contribution is 2.13. The van der Waals surface area contributed by atoms with Crippen molar-refractivity contribution >= 4 is 11.6 Å². The standard InChI is InChI=1S/C12H15N3O2/c1-7(2)4-9-6-10(12(16)17)13-11-5-8(3)14-15(9)11/h5-7H,4H2,1-3H3,(H,16,17). The van der Waals surface area contributed by atoms with E-state index in [0.717, 1.165) is 17.8 Å². The third-order valence-electron chi connectivity index (χ3n) is 2.46. The second-order valence-corrected chi connectivity index (χ2v) is 4.59. The zero-order chi connectivity index (χ0) is 12.6. The van der Waals surface area contributed by atoms with Crippen LogP contribution >= 0.6 is 0 Å². The summed E-state index contributed by atoms with van der Waals surface area (Å²) in [5.74, 6) is -0.567. The van der Waals surface area contributed by atoms with Gasteiger partial charge in [0.1, 0.15) is 0 Å². The van der Waals surface area contributed by atoms with E-state index in [9.17, 15) is 4.79 Å². The SMILES string of the molecule is Cc1cc2nc(C(=O)O)cc(CC(C)C)n2n1. The van der Waals surface area contributed by atoms with Crippen LogP contribution in [0.15, 0.2) is 12.1 Å². The third-order valence-corrected chi connectivity index (χ3v) is 2.46. The highest BCUT2D eigenvalue weighted by molar-refractivity contribution is 5.86. The Morgan fingerprint density at radius 1 is 1.47 bits per heavy atom. The molecular formula is C12H15N3O2. The van der Waals surface area contributed by atoms with Gasteiger partial charge in [-0.3, -0.25) is 0 Å². The molecule has 0 fully saturated rings. The second kappa shape index (κ2) is 4.16. The van der Waals surface area contributed by atoms with Crippen molar-refractivity contribution in [1.82, 2.24) is 14.6 Å². The van der Waals surface area contributed by atoms with E-state index in [1.165, 1.54) is 0 Å². The van der Waals surface area contributed by atoms with Crippen molar-refractivity contribution in [2.24, 2.45) is 5.92 Å². The average Bonchev–Trinajstić information content (AvgIpc) is 2.57. The predicted molar refractivity (Wildman–Crippen MR) is 63.2 cm³/mol. The summed E-state index contributed by atoms with van der Waals surface area (Å²) in [5.41, 5.74) is 2.40. The van der Waals surface area contributed by atoms with Gasteiger partial charge in [-0.05, 0) is 25.3 Å². The number of rotatable bonds is 3. The normalized spacial score (nSPS) is 11.3. The van der Waals surface area contributed by atoms with Crippen LogP contribution in [0, 0.1) is 12.8 Å². The van der Waals surface area contributed by atoms with Gasteiger partial charge in [-0.15, -0.1) is 0 Å². The molecule has 0 aliphatic rings. The number of hydrogen-bond acceptors (Lipinski definition) is 3. The molecule has 0 saturated carbocycles. The van der Waals surface area contributed by atoms with Gasteiger partial charge in [0.2, 0.25) is 0 Å². The maximum Gasteiger partial charge on any atom is 0.354 e. The highest BCUT2D eigenvalue weighted by Gasteiger charge is 2.13. The fraction of sp³-hybridized carbons (Fsp3) is 0.417. The molecule has 17 heavy (non-hydrogen) atoms. The van der Waals surface area contributed by atoms with Crippen molar-refractivity contribution in [3.8, 4) is 0 Å². The first-order valence-corrected chi connectivity index (χ1v) is 5.57. The number of hydrogen-bond donors (Lipinski definition) is 1. The summed E-state index contributed by atoms with van der Waals surface area (Å²) >= 11 is 0. The van der Waals surface area contributed by atoms with Crippen LogP contribution in [0.4, 0.5) is 0 Å². The molecule has 2 aromatic rings. The molecule has 5 heteroatoms. The first-order valence-electron chi connectivity index (χ1n) is 5.57. The Morgan fingerprint density at radius 3 is 2.76 bits per heavy atom. The smallest absolute Gasteiger partial charge is 0.354 e. The van der Waals surface area contributed by atoms with Crippen molar-refractivity contribution < 1.29 is 9.90 Å². The molecule has 0 atom stereocenters. The number of fused-ring (bicyclic) bond motifs is 1. The Labute approximate surface area is 99.1 Å². The summed E-state index contributed by atoms with van der Waals surface area (Å²) in [6.45, 7) is 6.04. The van der Waals surface area contributed by atoms with Crippen molar-refractivity contribution in [3.63, 3.8) is 0 Å². The van der Waals surface area contributed by atoms with E-state index in [1.54, 1.807) is 16.6 Å². The molecule has 0 radical (unpaired) electrons. The molecule has 0 aliphatic carbocycles. The van der Waals surface area contributed by atoms with E-state index in [2.05, 4.69) is 23.9 Å². The van der Waals surface area contributed by atoms with Gasteiger partial charge >= 0.3 is 5.97 Å². The maximum atomic E-state index is 11.0. The lowest BCUT2D eigenvalue weighted by molar-refractivity contribution is 0.0690. The van der Waals surface area contributed by atoms with Gasteiger partial charge in [0.05, 0.1) is 5.69 Å². The van der Waals surface area contributed by atoms with Crippen LogP contribution in [0.3, 0.4) is 0 Å². The van der Waals surface area contributed by atoms with E-state index in [4.69, 9.17) is 5.11 Å². The second-order valence-electron chi connectivity index (χ2n) is 4.59.